The van der Waals surface area contributed by atoms with Crippen LogP contribution in [0.15, 0.2) is 0 Å². The van der Waals surface area contributed by atoms with E-state index in [2.05, 4.69) is 41.5 Å². The molecule has 10 atom stereocenters. The quantitative estimate of drug-likeness (QED) is 0.456. The van der Waals surface area contributed by atoms with Crippen molar-refractivity contribution >= 4 is 5.97 Å². The van der Waals surface area contributed by atoms with Crippen molar-refractivity contribution < 1.29 is 15.0 Å². The maximum atomic E-state index is 11.7. The molecule has 0 radical (unpaired) electrons. The van der Waals surface area contributed by atoms with Gasteiger partial charge in [-0.15, -0.1) is 0 Å². The van der Waals surface area contributed by atoms with E-state index in [1.807, 2.05) is 0 Å². The standard InChI is InChI=1S/C26H44O3.C3H8/c1-5-17-19-8-6-7-14-25(19,3)21-13-15-26(4)18(16(2)9-12-22(27)28)10-11-20(26)23(21)24(17)29;1-3-2/h16-21,23-24,29H,5-15H2,1-4H3,(H,27,28);3H2,1-2H3/t16-,17-,18?,19?,20?,21?,23?,24-,25?,26?;/m1./s1. The molecule has 0 saturated heterocycles. The predicted octanol–water partition coefficient (Wildman–Crippen LogP) is 7.56. The highest BCUT2D eigenvalue weighted by Gasteiger charge is 2.64. The Kier molecular flexibility index (Phi) is 8.43. The van der Waals surface area contributed by atoms with Crippen LogP contribution in [-0.2, 0) is 4.79 Å². The summed E-state index contributed by atoms with van der Waals surface area (Å²) >= 11 is 0. The van der Waals surface area contributed by atoms with Gasteiger partial charge in [-0.25, -0.2) is 0 Å². The fourth-order valence-corrected chi connectivity index (χ4v) is 9.57. The van der Waals surface area contributed by atoms with Gasteiger partial charge in [0.05, 0.1) is 6.10 Å². The van der Waals surface area contributed by atoms with Crippen molar-refractivity contribution in [3.8, 4) is 0 Å². The Morgan fingerprint density at radius 1 is 0.938 bits per heavy atom. The molecule has 4 aliphatic rings. The first kappa shape index (κ1) is 26.0. The SMILES string of the molecule is CCC.CC[C@@H]1C2CCCCC2(C)C2CCC3(C)C(CCC3[C@H](C)CCC(=O)O)C2[C@@H]1O. The molecule has 0 heterocycles. The topological polar surface area (TPSA) is 57.5 Å². The van der Waals surface area contributed by atoms with E-state index in [4.69, 9.17) is 5.11 Å². The lowest BCUT2D eigenvalue weighted by Crippen LogP contribution is -2.61. The molecule has 32 heavy (non-hydrogen) atoms. The fraction of sp³-hybridized carbons (Fsp3) is 0.966. The maximum Gasteiger partial charge on any atom is 0.303 e. The van der Waals surface area contributed by atoms with Crippen LogP contribution in [0.3, 0.4) is 0 Å². The molecule has 2 N–H and O–H groups in total. The lowest BCUT2D eigenvalue weighted by molar-refractivity contribution is -0.194. The molecule has 7 unspecified atom stereocenters. The second-order valence-electron chi connectivity index (χ2n) is 12.6. The van der Waals surface area contributed by atoms with Crippen molar-refractivity contribution in [1.29, 1.82) is 0 Å². The van der Waals surface area contributed by atoms with Gasteiger partial charge in [-0.05, 0) is 97.2 Å². The Labute approximate surface area is 198 Å². The maximum absolute atomic E-state index is 11.7. The first-order valence-corrected chi connectivity index (χ1v) is 14.0. The number of aliphatic hydroxyl groups excluding tert-OH is 1. The van der Waals surface area contributed by atoms with E-state index in [-0.39, 0.29) is 11.5 Å². The molecule has 0 bridgehead atoms. The first-order chi connectivity index (χ1) is 15.2. The molecule has 4 saturated carbocycles. The van der Waals surface area contributed by atoms with Crippen LogP contribution in [0.4, 0.5) is 0 Å². The van der Waals surface area contributed by atoms with Gasteiger partial charge in [0.2, 0.25) is 0 Å². The van der Waals surface area contributed by atoms with Crippen LogP contribution < -0.4 is 0 Å². The molecule has 0 aromatic rings. The molecule has 186 valence electrons. The van der Waals surface area contributed by atoms with Gasteiger partial charge in [-0.1, -0.05) is 67.2 Å². The summed E-state index contributed by atoms with van der Waals surface area (Å²) < 4.78 is 0. The summed E-state index contributed by atoms with van der Waals surface area (Å²) in [6, 6.07) is 0. The van der Waals surface area contributed by atoms with Crippen molar-refractivity contribution in [3.63, 3.8) is 0 Å². The fourth-order valence-electron chi connectivity index (χ4n) is 9.57. The largest absolute Gasteiger partial charge is 0.481 e. The number of carboxylic acid groups (broad SMARTS) is 1. The lowest BCUT2D eigenvalue weighted by Gasteiger charge is -2.64. The van der Waals surface area contributed by atoms with Gasteiger partial charge in [0, 0.05) is 6.42 Å². The van der Waals surface area contributed by atoms with Gasteiger partial charge in [-0.2, -0.15) is 0 Å². The number of carboxylic acids is 1. The number of fused-ring (bicyclic) bond motifs is 5. The minimum absolute atomic E-state index is 0.126. The van der Waals surface area contributed by atoms with E-state index in [0.717, 1.165) is 12.8 Å². The number of rotatable bonds is 5. The van der Waals surface area contributed by atoms with Gasteiger partial charge >= 0.3 is 5.97 Å². The molecule has 4 fully saturated rings. The van der Waals surface area contributed by atoms with Crippen molar-refractivity contribution in [3.05, 3.63) is 0 Å². The van der Waals surface area contributed by atoms with Gasteiger partial charge in [-0.3, -0.25) is 4.79 Å². The molecule has 0 aliphatic heterocycles. The second-order valence-corrected chi connectivity index (χ2v) is 12.6. The van der Waals surface area contributed by atoms with Crippen LogP contribution in [-0.4, -0.2) is 22.3 Å². The van der Waals surface area contributed by atoms with E-state index in [0.29, 0.717) is 53.3 Å². The summed E-state index contributed by atoms with van der Waals surface area (Å²) in [5.74, 6) is 3.41. The zero-order valence-electron chi connectivity index (χ0n) is 21.9. The van der Waals surface area contributed by atoms with E-state index in [9.17, 15) is 9.90 Å². The Morgan fingerprint density at radius 3 is 2.22 bits per heavy atom. The third kappa shape index (κ3) is 4.41. The first-order valence-electron chi connectivity index (χ1n) is 14.0. The van der Waals surface area contributed by atoms with Crippen molar-refractivity contribution in [2.24, 2.45) is 52.3 Å². The minimum Gasteiger partial charge on any atom is -0.481 e. The average molecular weight is 449 g/mol. The summed E-state index contributed by atoms with van der Waals surface area (Å²) in [4.78, 5) is 11.1. The van der Waals surface area contributed by atoms with Crippen LogP contribution in [0, 0.1) is 52.3 Å². The smallest absolute Gasteiger partial charge is 0.303 e. The molecular formula is C29H52O3. The summed E-state index contributed by atoms with van der Waals surface area (Å²) in [6.45, 7) is 13.9. The minimum atomic E-state index is -0.662. The summed E-state index contributed by atoms with van der Waals surface area (Å²) in [7, 11) is 0. The Balaban J connectivity index is 0.000000913. The number of hydrogen-bond acceptors (Lipinski definition) is 2. The molecule has 0 aromatic heterocycles. The zero-order valence-corrected chi connectivity index (χ0v) is 21.9. The molecule has 3 nitrogen and oxygen atoms in total. The number of aliphatic carboxylic acids is 1. The molecule has 0 amide bonds. The van der Waals surface area contributed by atoms with E-state index in [1.165, 1.54) is 57.8 Å². The number of carbonyl (C=O) groups is 1. The number of hydrogen-bond donors (Lipinski definition) is 2. The van der Waals surface area contributed by atoms with E-state index < -0.39 is 5.97 Å². The van der Waals surface area contributed by atoms with E-state index in [1.54, 1.807) is 0 Å². The Bertz CT molecular complexity index is 632. The lowest BCUT2D eigenvalue weighted by atomic mass is 9.41. The average Bonchev–Trinajstić information content (AvgIpc) is 3.10. The number of aliphatic hydroxyl groups is 1. The van der Waals surface area contributed by atoms with Crippen LogP contribution in [0.1, 0.15) is 119 Å². The van der Waals surface area contributed by atoms with Crippen LogP contribution in [0.25, 0.3) is 0 Å². The van der Waals surface area contributed by atoms with Gasteiger partial charge in [0.25, 0.3) is 0 Å². The summed E-state index contributed by atoms with van der Waals surface area (Å²) in [5, 5.41) is 20.9. The molecule has 4 aliphatic carbocycles. The Morgan fingerprint density at radius 2 is 1.59 bits per heavy atom. The zero-order chi connectivity index (χ0) is 23.7. The second kappa shape index (κ2) is 10.4. The highest BCUT2D eigenvalue weighted by molar-refractivity contribution is 5.66. The van der Waals surface area contributed by atoms with E-state index >= 15 is 0 Å². The van der Waals surface area contributed by atoms with Crippen LogP contribution >= 0.6 is 0 Å². The third-order valence-corrected chi connectivity index (χ3v) is 10.9. The van der Waals surface area contributed by atoms with Gasteiger partial charge < -0.3 is 10.2 Å². The van der Waals surface area contributed by atoms with Gasteiger partial charge in [0.15, 0.2) is 0 Å². The van der Waals surface area contributed by atoms with Gasteiger partial charge in [0.1, 0.15) is 0 Å². The monoisotopic (exact) mass is 448 g/mol. The van der Waals surface area contributed by atoms with Crippen LogP contribution in [0.5, 0.6) is 0 Å². The third-order valence-electron chi connectivity index (χ3n) is 10.9. The Hall–Kier alpha value is -0.570. The van der Waals surface area contributed by atoms with Crippen molar-refractivity contribution in [2.75, 3.05) is 0 Å². The summed E-state index contributed by atoms with van der Waals surface area (Å²) in [6.07, 6.45) is 13.8. The van der Waals surface area contributed by atoms with Crippen molar-refractivity contribution in [2.45, 2.75) is 125 Å². The molecule has 0 spiro atoms. The molecule has 3 heteroatoms. The molecular weight excluding hydrogens is 396 g/mol. The molecule has 4 rings (SSSR count). The summed E-state index contributed by atoms with van der Waals surface area (Å²) in [5.41, 5.74) is 0.716. The van der Waals surface area contributed by atoms with Crippen LogP contribution in [0.2, 0.25) is 0 Å². The highest BCUT2D eigenvalue weighted by atomic mass is 16.4. The predicted molar refractivity (Wildman–Crippen MR) is 132 cm³/mol. The molecule has 0 aromatic carbocycles. The van der Waals surface area contributed by atoms with Crippen molar-refractivity contribution in [1.82, 2.24) is 0 Å². The normalized spacial score (nSPS) is 46.2. The highest BCUT2D eigenvalue weighted by Crippen LogP contribution is 2.69.